The zero-order valence-corrected chi connectivity index (χ0v) is 14.7. The van der Waals surface area contributed by atoms with Crippen molar-refractivity contribution < 1.29 is 14.3 Å². The van der Waals surface area contributed by atoms with Gasteiger partial charge in [0.15, 0.2) is 0 Å². The Balaban J connectivity index is 1.71. The number of carbonyl (C=O) groups excluding carboxylic acids is 1. The highest BCUT2D eigenvalue weighted by atomic mass is 16.5. The lowest BCUT2D eigenvalue weighted by Gasteiger charge is -2.29. The Morgan fingerprint density at radius 1 is 1.20 bits per heavy atom. The number of benzene rings is 2. The maximum atomic E-state index is 12.5. The van der Waals surface area contributed by atoms with Gasteiger partial charge in [-0.2, -0.15) is 0 Å². The number of aryl methyl sites for hydroxylation is 1. The van der Waals surface area contributed by atoms with Gasteiger partial charge in [0, 0.05) is 37.1 Å². The van der Waals surface area contributed by atoms with Crippen LogP contribution in [0.4, 0.5) is 11.4 Å². The fourth-order valence-corrected chi connectivity index (χ4v) is 2.97. The SMILES string of the molecule is COCc1cccc(C(=O)Nc2ccc(N3CCOCC3)cc2C)c1. The van der Waals surface area contributed by atoms with Crippen LogP contribution in [-0.4, -0.2) is 39.3 Å². The monoisotopic (exact) mass is 340 g/mol. The molecule has 3 rings (SSSR count). The molecular weight excluding hydrogens is 316 g/mol. The fraction of sp³-hybridized carbons (Fsp3) is 0.350. The van der Waals surface area contributed by atoms with E-state index in [0.717, 1.165) is 43.1 Å². The third-order valence-electron chi connectivity index (χ3n) is 4.33. The molecule has 1 aliphatic heterocycles. The second kappa shape index (κ2) is 8.14. The van der Waals surface area contributed by atoms with Gasteiger partial charge in [-0.05, 0) is 48.4 Å². The third kappa shape index (κ3) is 4.38. The fourth-order valence-electron chi connectivity index (χ4n) is 2.97. The minimum absolute atomic E-state index is 0.111. The average Bonchev–Trinajstić information content (AvgIpc) is 2.64. The van der Waals surface area contributed by atoms with Gasteiger partial charge in [-0.3, -0.25) is 4.79 Å². The zero-order valence-electron chi connectivity index (χ0n) is 14.7. The highest BCUT2D eigenvalue weighted by Crippen LogP contribution is 2.24. The van der Waals surface area contributed by atoms with Crippen molar-refractivity contribution in [2.24, 2.45) is 0 Å². The van der Waals surface area contributed by atoms with Gasteiger partial charge in [0.1, 0.15) is 0 Å². The predicted molar refractivity (Wildman–Crippen MR) is 99.3 cm³/mol. The molecule has 1 fully saturated rings. The first-order valence-electron chi connectivity index (χ1n) is 8.50. The summed E-state index contributed by atoms with van der Waals surface area (Å²) in [4.78, 5) is 14.8. The summed E-state index contributed by atoms with van der Waals surface area (Å²) in [5, 5.41) is 3.00. The van der Waals surface area contributed by atoms with Crippen LogP contribution in [0, 0.1) is 6.92 Å². The van der Waals surface area contributed by atoms with E-state index in [1.807, 2.05) is 37.3 Å². The molecule has 0 atom stereocenters. The molecule has 1 amide bonds. The molecule has 1 heterocycles. The summed E-state index contributed by atoms with van der Waals surface area (Å²) in [6, 6.07) is 13.6. The van der Waals surface area contributed by atoms with Crippen LogP contribution >= 0.6 is 0 Å². The molecule has 0 spiro atoms. The van der Waals surface area contributed by atoms with Crippen molar-refractivity contribution in [1.82, 2.24) is 0 Å². The van der Waals surface area contributed by atoms with Crippen molar-refractivity contribution in [2.75, 3.05) is 43.6 Å². The van der Waals surface area contributed by atoms with E-state index in [9.17, 15) is 4.79 Å². The normalized spacial score (nSPS) is 14.4. The summed E-state index contributed by atoms with van der Waals surface area (Å²) in [7, 11) is 1.64. The Hall–Kier alpha value is -2.37. The molecule has 5 nitrogen and oxygen atoms in total. The summed E-state index contributed by atoms with van der Waals surface area (Å²) in [5.41, 5.74) is 4.66. The van der Waals surface area contributed by atoms with E-state index in [-0.39, 0.29) is 5.91 Å². The van der Waals surface area contributed by atoms with Gasteiger partial charge in [-0.15, -0.1) is 0 Å². The van der Waals surface area contributed by atoms with E-state index >= 15 is 0 Å². The highest BCUT2D eigenvalue weighted by molar-refractivity contribution is 6.04. The Morgan fingerprint density at radius 2 is 2.00 bits per heavy atom. The van der Waals surface area contributed by atoms with Crippen LogP contribution < -0.4 is 10.2 Å². The molecule has 0 saturated carbocycles. The van der Waals surface area contributed by atoms with E-state index in [1.165, 1.54) is 5.69 Å². The molecule has 132 valence electrons. The smallest absolute Gasteiger partial charge is 0.255 e. The van der Waals surface area contributed by atoms with Crippen LogP contribution in [0.3, 0.4) is 0 Å². The second-order valence-corrected chi connectivity index (χ2v) is 6.19. The topological polar surface area (TPSA) is 50.8 Å². The summed E-state index contributed by atoms with van der Waals surface area (Å²) < 4.78 is 10.5. The Labute approximate surface area is 148 Å². The molecule has 5 heteroatoms. The molecule has 1 aliphatic rings. The minimum atomic E-state index is -0.111. The standard InChI is InChI=1S/C20H24N2O3/c1-15-12-18(22-8-10-25-11-9-22)6-7-19(15)21-20(23)17-5-3-4-16(13-17)14-24-2/h3-7,12-13H,8-11,14H2,1-2H3,(H,21,23). The number of rotatable bonds is 5. The van der Waals surface area contributed by atoms with Crippen molar-refractivity contribution in [3.8, 4) is 0 Å². The quantitative estimate of drug-likeness (QED) is 0.908. The molecule has 0 unspecified atom stereocenters. The molecule has 2 aromatic rings. The first kappa shape index (κ1) is 17.5. The van der Waals surface area contributed by atoms with Gasteiger partial charge in [0.25, 0.3) is 5.91 Å². The van der Waals surface area contributed by atoms with Gasteiger partial charge in [0.2, 0.25) is 0 Å². The molecular formula is C20H24N2O3. The molecule has 0 radical (unpaired) electrons. The van der Waals surface area contributed by atoms with E-state index in [0.29, 0.717) is 12.2 Å². The van der Waals surface area contributed by atoms with Crippen LogP contribution in [-0.2, 0) is 16.1 Å². The predicted octanol–water partition coefficient (Wildman–Crippen LogP) is 3.23. The molecule has 0 aromatic heterocycles. The van der Waals surface area contributed by atoms with Gasteiger partial charge in [0.05, 0.1) is 19.8 Å². The maximum Gasteiger partial charge on any atom is 0.255 e. The van der Waals surface area contributed by atoms with Crippen molar-refractivity contribution in [3.05, 3.63) is 59.2 Å². The van der Waals surface area contributed by atoms with Crippen LogP contribution in [0.2, 0.25) is 0 Å². The Bertz CT molecular complexity index is 739. The third-order valence-corrected chi connectivity index (χ3v) is 4.33. The van der Waals surface area contributed by atoms with Gasteiger partial charge >= 0.3 is 0 Å². The zero-order chi connectivity index (χ0) is 17.6. The highest BCUT2D eigenvalue weighted by Gasteiger charge is 2.13. The number of nitrogens with zero attached hydrogens (tertiary/aromatic N) is 1. The van der Waals surface area contributed by atoms with Gasteiger partial charge in [-0.1, -0.05) is 12.1 Å². The van der Waals surface area contributed by atoms with Crippen LogP contribution in [0.25, 0.3) is 0 Å². The average molecular weight is 340 g/mol. The number of hydrogen-bond donors (Lipinski definition) is 1. The maximum absolute atomic E-state index is 12.5. The lowest BCUT2D eigenvalue weighted by atomic mass is 10.1. The summed E-state index contributed by atoms with van der Waals surface area (Å²) in [6.07, 6.45) is 0. The van der Waals surface area contributed by atoms with Crippen molar-refractivity contribution in [2.45, 2.75) is 13.5 Å². The van der Waals surface area contributed by atoms with Crippen LogP contribution in [0.5, 0.6) is 0 Å². The van der Waals surface area contributed by atoms with Crippen molar-refractivity contribution in [3.63, 3.8) is 0 Å². The summed E-state index contributed by atoms with van der Waals surface area (Å²) in [5.74, 6) is -0.111. The Morgan fingerprint density at radius 3 is 2.72 bits per heavy atom. The van der Waals surface area contributed by atoms with E-state index in [4.69, 9.17) is 9.47 Å². The molecule has 25 heavy (non-hydrogen) atoms. The molecule has 1 N–H and O–H groups in total. The molecule has 0 aliphatic carbocycles. The number of amides is 1. The summed E-state index contributed by atoms with van der Waals surface area (Å²) >= 11 is 0. The van der Waals surface area contributed by atoms with E-state index in [1.54, 1.807) is 7.11 Å². The summed E-state index contributed by atoms with van der Waals surface area (Å²) in [6.45, 7) is 5.83. The number of ether oxygens (including phenoxy) is 2. The number of methoxy groups -OCH3 is 1. The largest absolute Gasteiger partial charge is 0.380 e. The van der Waals surface area contributed by atoms with E-state index < -0.39 is 0 Å². The van der Waals surface area contributed by atoms with Crippen molar-refractivity contribution in [1.29, 1.82) is 0 Å². The van der Waals surface area contributed by atoms with Crippen molar-refractivity contribution >= 4 is 17.3 Å². The first-order chi connectivity index (χ1) is 12.2. The molecule has 1 saturated heterocycles. The second-order valence-electron chi connectivity index (χ2n) is 6.19. The minimum Gasteiger partial charge on any atom is -0.380 e. The van der Waals surface area contributed by atoms with E-state index in [2.05, 4.69) is 22.3 Å². The lowest BCUT2D eigenvalue weighted by molar-refractivity contribution is 0.102. The number of anilines is 2. The van der Waals surface area contributed by atoms with Crippen LogP contribution in [0.15, 0.2) is 42.5 Å². The molecule has 0 bridgehead atoms. The number of carbonyl (C=O) groups is 1. The number of nitrogens with one attached hydrogen (secondary N) is 1. The number of hydrogen-bond acceptors (Lipinski definition) is 4. The van der Waals surface area contributed by atoms with Gasteiger partial charge in [-0.25, -0.2) is 0 Å². The first-order valence-corrected chi connectivity index (χ1v) is 8.50. The van der Waals surface area contributed by atoms with Crippen LogP contribution in [0.1, 0.15) is 21.5 Å². The van der Waals surface area contributed by atoms with Gasteiger partial charge < -0.3 is 19.7 Å². The molecule has 2 aromatic carbocycles. The Kier molecular flexibility index (Phi) is 5.68. The lowest BCUT2D eigenvalue weighted by Crippen LogP contribution is -2.36. The number of morpholine rings is 1.